The number of carbonyl (C=O) groups excluding carboxylic acids is 1. The summed E-state index contributed by atoms with van der Waals surface area (Å²) in [6.45, 7) is -0.289. The molecule has 0 aliphatic heterocycles. The Hall–Kier alpha value is -2.41. The molecule has 9 heteroatoms. The van der Waals surface area contributed by atoms with E-state index in [1.807, 2.05) is 0 Å². The van der Waals surface area contributed by atoms with Crippen LogP contribution in [0, 0.1) is 5.92 Å². The van der Waals surface area contributed by atoms with Gasteiger partial charge in [-0.05, 0) is 43.2 Å². The van der Waals surface area contributed by atoms with E-state index in [4.69, 9.17) is 49.4 Å². The van der Waals surface area contributed by atoms with Crippen LogP contribution in [0.5, 0.6) is 17.2 Å². The summed E-state index contributed by atoms with van der Waals surface area (Å²) in [5, 5.41) is 13.1. The van der Waals surface area contributed by atoms with Crippen molar-refractivity contribution in [1.82, 2.24) is 5.32 Å². The van der Waals surface area contributed by atoms with E-state index >= 15 is 0 Å². The topological polar surface area (TPSA) is 84.9 Å². The third-order valence-corrected chi connectivity index (χ3v) is 5.15. The maximum Gasteiger partial charge on any atom is 0.310 e. The average Bonchev–Trinajstić information content (AvgIpc) is 2.70. The highest BCUT2D eigenvalue weighted by atomic mass is 35.5. The zero-order chi connectivity index (χ0) is 21.7. The first-order valence-electron chi connectivity index (χ1n) is 9.06. The molecule has 2 atom stereocenters. The number of benzene rings is 2. The van der Waals surface area contributed by atoms with Gasteiger partial charge in [-0.15, -0.1) is 0 Å². The van der Waals surface area contributed by atoms with Crippen LogP contribution in [0.1, 0.15) is 12.8 Å². The van der Waals surface area contributed by atoms with Gasteiger partial charge in [-0.1, -0.05) is 47.0 Å². The third kappa shape index (κ3) is 6.05. The third-order valence-electron chi connectivity index (χ3n) is 4.39. The largest absolute Gasteiger partial charge is 0.481 e. The number of amides is 1. The van der Waals surface area contributed by atoms with E-state index in [0.29, 0.717) is 39.4 Å². The van der Waals surface area contributed by atoms with E-state index in [1.165, 1.54) is 6.07 Å². The molecule has 0 saturated carbocycles. The first-order valence-corrected chi connectivity index (χ1v) is 10.2. The van der Waals surface area contributed by atoms with Crippen molar-refractivity contribution in [3.05, 3.63) is 63.6 Å². The number of carboxylic acids is 1. The van der Waals surface area contributed by atoms with Crippen molar-refractivity contribution in [2.24, 2.45) is 5.92 Å². The van der Waals surface area contributed by atoms with Gasteiger partial charge in [0, 0.05) is 22.2 Å². The van der Waals surface area contributed by atoms with E-state index in [9.17, 15) is 9.59 Å². The lowest BCUT2D eigenvalue weighted by atomic mass is 9.92. The SMILES string of the molecule is O=C(COc1cc(Cl)ccc1Oc1ccc(Cl)cc1Cl)NC1CC=CC(C(=O)O)C1. The van der Waals surface area contributed by atoms with Gasteiger partial charge in [0.15, 0.2) is 18.1 Å². The molecule has 0 fully saturated rings. The number of aliphatic carboxylic acids is 1. The summed E-state index contributed by atoms with van der Waals surface area (Å²) < 4.78 is 11.4. The van der Waals surface area contributed by atoms with Gasteiger partial charge in [-0.25, -0.2) is 0 Å². The predicted molar refractivity (Wildman–Crippen MR) is 115 cm³/mol. The summed E-state index contributed by atoms with van der Waals surface area (Å²) >= 11 is 18.1. The number of carboxylic acid groups (broad SMARTS) is 1. The number of hydrogen-bond acceptors (Lipinski definition) is 4. The summed E-state index contributed by atoms with van der Waals surface area (Å²) in [6.07, 6.45) is 4.29. The van der Waals surface area contributed by atoms with Crippen molar-refractivity contribution < 1.29 is 24.2 Å². The zero-order valence-electron chi connectivity index (χ0n) is 15.6. The highest BCUT2D eigenvalue weighted by Gasteiger charge is 2.24. The smallest absolute Gasteiger partial charge is 0.310 e. The van der Waals surface area contributed by atoms with E-state index in [-0.39, 0.29) is 24.3 Å². The Labute approximate surface area is 188 Å². The molecular formula is C21H18Cl3NO5. The van der Waals surface area contributed by atoms with Gasteiger partial charge in [0.1, 0.15) is 5.75 Å². The van der Waals surface area contributed by atoms with Crippen LogP contribution in [0.25, 0.3) is 0 Å². The lowest BCUT2D eigenvalue weighted by Gasteiger charge is -2.23. The van der Waals surface area contributed by atoms with Crippen LogP contribution < -0.4 is 14.8 Å². The van der Waals surface area contributed by atoms with E-state index < -0.39 is 11.9 Å². The number of ether oxygens (including phenoxy) is 2. The quantitative estimate of drug-likeness (QED) is 0.533. The molecule has 1 amide bonds. The Morgan fingerprint density at radius 2 is 1.73 bits per heavy atom. The zero-order valence-corrected chi connectivity index (χ0v) is 17.9. The van der Waals surface area contributed by atoms with Gasteiger partial charge in [0.05, 0.1) is 10.9 Å². The van der Waals surface area contributed by atoms with E-state index in [2.05, 4.69) is 5.32 Å². The van der Waals surface area contributed by atoms with Crippen LogP contribution in [0.4, 0.5) is 0 Å². The molecule has 1 aliphatic rings. The molecule has 3 rings (SSSR count). The van der Waals surface area contributed by atoms with Gasteiger partial charge < -0.3 is 19.9 Å². The van der Waals surface area contributed by atoms with Crippen LogP contribution in [0.15, 0.2) is 48.6 Å². The molecule has 1 aliphatic carbocycles. The minimum Gasteiger partial charge on any atom is -0.481 e. The predicted octanol–water partition coefficient (Wildman–Crippen LogP) is 5.35. The Morgan fingerprint density at radius 1 is 1.03 bits per heavy atom. The number of halogens is 3. The summed E-state index contributed by atoms with van der Waals surface area (Å²) in [5.74, 6) is -0.954. The number of carbonyl (C=O) groups is 2. The second-order valence-corrected chi connectivity index (χ2v) is 7.95. The number of hydrogen-bond donors (Lipinski definition) is 2. The Bertz CT molecular complexity index is 979. The second kappa shape index (κ2) is 10.1. The summed E-state index contributed by atoms with van der Waals surface area (Å²) in [6, 6.07) is 9.28. The van der Waals surface area contributed by atoms with Crippen molar-refractivity contribution in [3.8, 4) is 17.2 Å². The van der Waals surface area contributed by atoms with Crippen molar-refractivity contribution >= 4 is 46.7 Å². The highest BCUT2D eigenvalue weighted by Crippen LogP contribution is 2.37. The fourth-order valence-corrected chi connectivity index (χ4v) is 3.57. The molecule has 0 spiro atoms. The fraction of sp³-hybridized carbons (Fsp3) is 0.238. The number of rotatable bonds is 7. The maximum absolute atomic E-state index is 12.3. The van der Waals surface area contributed by atoms with Crippen LogP contribution in [-0.4, -0.2) is 29.6 Å². The van der Waals surface area contributed by atoms with Crippen LogP contribution >= 0.6 is 34.8 Å². The molecule has 0 bridgehead atoms. The molecule has 2 unspecified atom stereocenters. The average molecular weight is 471 g/mol. The lowest BCUT2D eigenvalue weighted by molar-refractivity contribution is -0.141. The standard InChI is InChI=1S/C21H18Cl3NO5/c22-13-4-6-17(16(24)9-13)30-18-7-5-14(23)10-19(18)29-11-20(26)25-15-3-1-2-12(8-15)21(27)28/h1-2,4-7,9-10,12,15H,3,8,11H2,(H,25,26)(H,27,28). The second-order valence-electron chi connectivity index (χ2n) is 6.67. The Morgan fingerprint density at radius 3 is 2.43 bits per heavy atom. The van der Waals surface area contributed by atoms with E-state index in [1.54, 1.807) is 42.5 Å². The molecule has 0 heterocycles. The normalized spacial score (nSPS) is 18.0. The van der Waals surface area contributed by atoms with Gasteiger partial charge in [0.25, 0.3) is 5.91 Å². The highest BCUT2D eigenvalue weighted by molar-refractivity contribution is 6.35. The maximum atomic E-state index is 12.3. The summed E-state index contributed by atoms with van der Waals surface area (Å²) in [4.78, 5) is 23.4. The van der Waals surface area contributed by atoms with Crippen molar-refractivity contribution in [2.75, 3.05) is 6.61 Å². The van der Waals surface area contributed by atoms with Crippen molar-refractivity contribution in [2.45, 2.75) is 18.9 Å². The van der Waals surface area contributed by atoms with Crippen molar-refractivity contribution in [1.29, 1.82) is 0 Å². The van der Waals surface area contributed by atoms with Gasteiger partial charge in [-0.2, -0.15) is 0 Å². The number of nitrogens with one attached hydrogen (secondary N) is 1. The van der Waals surface area contributed by atoms with Gasteiger partial charge in [-0.3, -0.25) is 9.59 Å². The first-order chi connectivity index (χ1) is 14.3. The Balaban J connectivity index is 1.63. The fourth-order valence-electron chi connectivity index (χ4n) is 2.96. The minimum absolute atomic E-state index is 0.260. The van der Waals surface area contributed by atoms with Crippen LogP contribution in [-0.2, 0) is 9.59 Å². The van der Waals surface area contributed by atoms with E-state index in [0.717, 1.165) is 0 Å². The molecule has 0 saturated heterocycles. The Kier molecular flexibility index (Phi) is 7.48. The molecule has 0 radical (unpaired) electrons. The monoisotopic (exact) mass is 469 g/mol. The minimum atomic E-state index is -0.914. The van der Waals surface area contributed by atoms with Crippen molar-refractivity contribution in [3.63, 3.8) is 0 Å². The summed E-state index contributed by atoms with van der Waals surface area (Å²) in [5.41, 5.74) is 0. The molecular weight excluding hydrogens is 453 g/mol. The molecule has 2 aromatic rings. The molecule has 158 valence electrons. The molecule has 2 N–H and O–H groups in total. The van der Waals surface area contributed by atoms with Gasteiger partial charge in [0.2, 0.25) is 0 Å². The van der Waals surface area contributed by atoms with Crippen LogP contribution in [0.2, 0.25) is 15.1 Å². The molecule has 0 aromatic heterocycles. The molecule has 6 nitrogen and oxygen atoms in total. The first kappa shape index (κ1) is 22.3. The van der Waals surface area contributed by atoms with Gasteiger partial charge >= 0.3 is 5.97 Å². The lowest BCUT2D eigenvalue weighted by Crippen LogP contribution is -2.40. The molecule has 30 heavy (non-hydrogen) atoms. The van der Waals surface area contributed by atoms with Crippen LogP contribution in [0.3, 0.4) is 0 Å². The molecule has 2 aromatic carbocycles. The summed E-state index contributed by atoms with van der Waals surface area (Å²) in [7, 11) is 0.